The summed E-state index contributed by atoms with van der Waals surface area (Å²) in [4.78, 5) is 4.03. The van der Waals surface area contributed by atoms with Crippen molar-refractivity contribution in [3.63, 3.8) is 0 Å². The average Bonchev–Trinajstić information content (AvgIpc) is 2.41. The van der Waals surface area contributed by atoms with E-state index in [4.69, 9.17) is 11.6 Å². The Kier molecular flexibility index (Phi) is 4.32. The molecule has 0 saturated heterocycles. The van der Waals surface area contributed by atoms with Crippen LogP contribution < -0.4 is 5.32 Å². The Morgan fingerprint density at radius 1 is 1.26 bits per heavy atom. The van der Waals surface area contributed by atoms with E-state index < -0.39 is 5.82 Å². The fraction of sp³-hybridized carbons (Fsp3) is 0.214. The number of hydrogen-bond acceptors (Lipinski definition) is 2. The second kappa shape index (κ2) is 5.97. The third-order valence-corrected chi connectivity index (χ3v) is 3.08. The van der Waals surface area contributed by atoms with Gasteiger partial charge < -0.3 is 5.32 Å². The molecule has 0 saturated carbocycles. The molecule has 0 amide bonds. The molecule has 2 nitrogen and oxygen atoms in total. The normalized spacial score (nSPS) is 12.2. The summed E-state index contributed by atoms with van der Waals surface area (Å²) in [6.45, 7) is 1.97. The highest BCUT2D eigenvalue weighted by Crippen LogP contribution is 2.24. The summed E-state index contributed by atoms with van der Waals surface area (Å²) in [6, 6.07) is 7.37. The molecule has 1 unspecified atom stereocenters. The molecule has 0 aliphatic rings. The summed E-state index contributed by atoms with van der Waals surface area (Å²) in [6.07, 6.45) is 1.91. The van der Waals surface area contributed by atoms with Gasteiger partial charge in [-0.15, -0.1) is 0 Å². The molecule has 1 heterocycles. The van der Waals surface area contributed by atoms with Crippen molar-refractivity contribution in [3.05, 3.63) is 58.9 Å². The van der Waals surface area contributed by atoms with Crippen LogP contribution in [-0.2, 0) is 0 Å². The van der Waals surface area contributed by atoms with Crippen molar-refractivity contribution in [2.75, 3.05) is 5.32 Å². The highest BCUT2D eigenvalue weighted by molar-refractivity contribution is 6.30. The minimum Gasteiger partial charge on any atom is -0.377 e. The number of nitrogens with zero attached hydrogens (tertiary/aromatic N) is 1. The van der Waals surface area contributed by atoms with Crippen molar-refractivity contribution >= 4 is 17.3 Å². The van der Waals surface area contributed by atoms with Gasteiger partial charge in [-0.3, -0.25) is 4.98 Å². The maximum absolute atomic E-state index is 13.4. The average molecular weight is 283 g/mol. The van der Waals surface area contributed by atoms with Gasteiger partial charge in [-0.1, -0.05) is 18.5 Å². The van der Waals surface area contributed by atoms with E-state index in [1.165, 1.54) is 24.4 Å². The molecular formula is C14H13ClF2N2. The Morgan fingerprint density at radius 2 is 2.05 bits per heavy atom. The molecule has 0 bridgehead atoms. The fourth-order valence-electron chi connectivity index (χ4n) is 1.77. The zero-order valence-electron chi connectivity index (χ0n) is 10.3. The number of halogens is 3. The topological polar surface area (TPSA) is 24.9 Å². The lowest BCUT2D eigenvalue weighted by molar-refractivity contribution is 0.614. The van der Waals surface area contributed by atoms with Gasteiger partial charge in [0.1, 0.15) is 11.6 Å². The van der Waals surface area contributed by atoms with Gasteiger partial charge in [-0.2, -0.15) is 0 Å². The van der Waals surface area contributed by atoms with Crippen molar-refractivity contribution in [1.82, 2.24) is 4.98 Å². The predicted octanol–water partition coefficient (Wildman–Crippen LogP) is 4.58. The molecule has 0 radical (unpaired) electrons. The lowest BCUT2D eigenvalue weighted by Crippen LogP contribution is -2.11. The number of nitrogens with one attached hydrogen (secondary N) is 1. The summed E-state index contributed by atoms with van der Waals surface area (Å²) < 4.78 is 26.2. The Labute approximate surface area is 115 Å². The molecule has 2 aromatic rings. The minimum absolute atomic E-state index is 0.0819. The van der Waals surface area contributed by atoms with Crippen LogP contribution in [0.25, 0.3) is 0 Å². The molecule has 100 valence electrons. The van der Waals surface area contributed by atoms with Crippen LogP contribution in [0.4, 0.5) is 14.5 Å². The van der Waals surface area contributed by atoms with Crippen LogP contribution in [0, 0.1) is 11.6 Å². The smallest absolute Gasteiger partial charge is 0.143 e. The molecule has 1 atom stereocenters. The summed E-state index contributed by atoms with van der Waals surface area (Å²) in [7, 11) is 0. The van der Waals surface area contributed by atoms with E-state index in [1.54, 1.807) is 12.1 Å². The first-order chi connectivity index (χ1) is 9.10. The Hall–Kier alpha value is -1.68. The molecular weight excluding hydrogens is 270 g/mol. The zero-order valence-corrected chi connectivity index (χ0v) is 11.1. The fourth-order valence-corrected chi connectivity index (χ4v) is 1.88. The Morgan fingerprint density at radius 3 is 2.63 bits per heavy atom. The standard InChI is InChI=1S/C14H13ClF2N2/c1-2-13(14-6-3-9(16)8-18-14)19-10-4-5-11(15)12(17)7-10/h3-8,13,19H,2H2,1H3. The van der Waals surface area contributed by atoms with Crippen LogP contribution in [-0.4, -0.2) is 4.98 Å². The van der Waals surface area contributed by atoms with Crippen LogP contribution >= 0.6 is 11.6 Å². The van der Waals surface area contributed by atoms with Gasteiger partial charge in [0.05, 0.1) is 23.0 Å². The van der Waals surface area contributed by atoms with Crippen molar-refractivity contribution in [1.29, 1.82) is 0 Å². The maximum atomic E-state index is 13.4. The molecule has 0 fully saturated rings. The summed E-state index contributed by atoms with van der Waals surface area (Å²) in [5.41, 5.74) is 1.32. The first kappa shape index (κ1) is 13.7. The van der Waals surface area contributed by atoms with Gasteiger partial charge in [0, 0.05) is 5.69 Å². The van der Waals surface area contributed by atoms with E-state index in [1.807, 2.05) is 6.92 Å². The van der Waals surface area contributed by atoms with E-state index in [9.17, 15) is 8.78 Å². The third kappa shape index (κ3) is 3.41. The largest absolute Gasteiger partial charge is 0.377 e. The molecule has 1 aromatic carbocycles. The van der Waals surface area contributed by atoms with Gasteiger partial charge in [0.2, 0.25) is 0 Å². The van der Waals surface area contributed by atoms with Crippen molar-refractivity contribution in [3.8, 4) is 0 Å². The third-order valence-electron chi connectivity index (χ3n) is 2.78. The van der Waals surface area contributed by atoms with E-state index in [-0.39, 0.29) is 16.9 Å². The first-order valence-corrected chi connectivity index (χ1v) is 6.31. The molecule has 19 heavy (non-hydrogen) atoms. The van der Waals surface area contributed by atoms with Crippen LogP contribution in [0.2, 0.25) is 5.02 Å². The number of aromatic nitrogens is 1. The van der Waals surface area contributed by atoms with Crippen molar-refractivity contribution in [2.24, 2.45) is 0 Å². The lowest BCUT2D eigenvalue weighted by Gasteiger charge is -2.18. The molecule has 2 rings (SSSR count). The highest BCUT2D eigenvalue weighted by atomic mass is 35.5. The maximum Gasteiger partial charge on any atom is 0.143 e. The van der Waals surface area contributed by atoms with Gasteiger partial charge in [-0.25, -0.2) is 8.78 Å². The van der Waals surface area contributed by atoms with Crippen LogP contribution in [0.1, 0.15) is 25.1 Å². The van der Waals surface area contributed by atoms with E-state index in [2.05, 4.69) is 10.3 Å². The summed E-state index contributed by atoms with van der Waals surface area (Å²) in [5, 5.41) is 3.23. The number of hydrogen-bond donors (Lipinski definition) is 1. The predicted molar refractivity (Wildman–Crippen MR) is 72.3 cm³/mol. The lowest BCUT2D eigenvalue weighted by atomic mass is 10.1. The molecule has 5 heteroatoms. The van der Waals surface area contributed by atoms with E-state index in [0.717, 1.165) is 6.42 Å². The molecule has 1 aromatic heterocycles. The second-order valence-electron chi connectivity index (χ2n) is 4.14. The number of pyridine rings is 1. The molecule has 1 N–H and O–H groups in total. The van der Waals surface area contributed by atoms with E-state index >= 15 is 0 Å². The van der Waals surface area contributed by atoms with Crippen LogP contribution in [0.3, 0.4) is 0 Å². The van der Waals surface area contributed by atoms with Gasteiger partial charge in [-0.05, 0) is 36.8 Å². The quantitative estimate of drug-likeness (QED) is 0.888. The Bertz CT molecular complexity index is 558. The highest BCUT2D eigenvalue weighted by Gasteiger charge is 2.11. The van der Waals surface area contributed by atoms with Crippen LogP contribution in [0.15, 0.2) is 36.5 Å². The number of benzene rings is 1. The second-order valence-corrected chi connectivity index (χ2v) is 4.54. The van der Waals surface area contributed by atoms with Gasteiger partial charge >= 0.3 is 0 Å². The molecule has 0 spiro atoms. The zero-order chi connectivity index (χ0) is 13.8. The van der Waals surface area contributed by atoms with Gasteiger partial charge in [0.25, 0.3) is 0 Å². The SMILES string of the molecule is CCC(Nc1ccc(Cl)c(F)c1)c1ccc(F)cn1. The van der Waals surface area contributed by atoms with E-state index in [0.29, 0.717) is 11.4 Å². The van der Waals surface area contributed by atoms with Gasteiger partial charge in [0.15, 0.2) is 0 Å². The van der Waals surface area contributed by atoms with Crippen molar-refractivity contribution < 1.29 is 8.78 Å². The molecule has 0 aliphatic heterocycles. The minimum atomic E-state index is -0.478. The monoisotopic (exact) mass is 282 g/mol. The summed E-state index contributed by atoms with van der Waals surface area (Å²) >= 11 is 5.63. The first-order valence-electron chi connectivity index (χ1n) is 5.93. The number of rotatable bonds is 4. The van der Waals surface area contributed by atoms with Crippen molar-refractivity contribution in [2.45, 2.75) is 19.4 Å². The summed E-state index contributed by atoms with van der Waals surface area (Å²) in [5.74, 6) is -0.857. The van der Waals surface area contributed by atoms with Crippen LogP contribution in [0.5, 0.6) is 0 Å². The number of anilines is 1. The molecule has 0 aliphatic carbocycles. The Balaban J connectivity index is 2.18.